The monoisotopic (exact) mass is 536 g/mol. The second-order valence-electron chi connectivity index (χ2n) is 9.45. The second kappa shape index (κ2) is 15.2. The number of carbonyl (C=O) groups is 1. The summed E-state index contributed by atoms with van der Waals surface area (Å²) >= 11 is 0. The van der Waals surface area contributed by atoms with Crippen LogP contribution < -0.4 is 15.2 Å². The van der Waals surface area contributed by atoms with Crippen molar-refractivity contribution >= 4 is 15.7 Å². The lowest BCUT2D eigenvalue weighted by atomic mass is 10.1. The zero-order valence-electron chi connectivity index (χ0n) is 22.1. The van der Waals surface area contributed by atoms with E-state index in [9.17, 15) is 13.2 Å². The summed E-state index contributed by atoms with van der Waals surface area (Å²) in [4.78, 5) is 12.1. The summed E-state index contributed by atoms with van der Waals surface area (Å²) in [6.07, 6.45) is 8.80. The lowest BCUT2D eigenvalue weighted by Crippen LogP contribution is -2.28. The van der Waals surface area contributed by atoms with Gasteiger partial charge in [-0.1, -0.05) is 82.2 Å². The molecule has 0 spiro atoms. The molecule has 0 fully saturated rings. The Morgan fingerprint density at radius 3 is 1.82 bits per heavy atom. The number of benzene rings is 3. The fourth-order valence-electron chi connectivity index (χ4n) is 4.16. The van der Waals surface area contributed by atoms with E-state index in [2.05, 4.69) is 6.92 Å². The molecule has 38 heavy (non-hydrogen) atoms. The number of ether oxygens (including phenoxy) is 2. The third kappa shape index (κ3) is 9.21. The summed E-state index contributed by atoms with van der Waals surface area (Å²) in [6, 6.07) is 22.1. The molecule has 203 valence electrons. The molecule has 3 aromatic carbocycles. The molecule has 0 bridgehead atoms. The van der Waals surface area contributed by atoms with E-state index in [1.54, 1.807) is 12.1 Å². The molecule has 0 saturated carbocycles. The fraction of sp³-hybridized carbons (Fsp3) is 0.387. The molecule has 0 aliphatic heterocycles. The predicted octanol–water partition coefficient (Wildman–Crippen LogP) is 7.19. The van der Waals surface area contributed by atoms with Crippen molar-refractivity contribution < 1.29 is 22.7 Å². The Morgan fingerprint density at radius 2 is 1.26 bits per heavy atom. The van der Waals surface area contributed by atoms with Gasteiger partial charge >= 0.3 is 0 Å². The Morgan fingerprint density at radius 1 is 0.737 bits per heavy atom. The molecule has 1 N–H and O–H groups in total. The van der Waals surface area contributed by atoms with E-state index in [4.69, 9.17) is 15.2 Å². The molecule has 6 nitrogen and oxygen atoms in total. The smallest absolute Gasteiger partial charge is 0.279 e. The summed E-state index contributed by atoms with van der Waals surface area (Å²) in [5.74, 6) is 0.192. The minimum atomic E-state index is -3.73. The van der Waals surface area contributed by atoms with Crippen molar-refractivity contribution in [2.24, 2.45) is 0 Å². The van der Waals surface area contributed by atoms with Gasteiger partial charge in [0.15, 0.2) is 6.10 Å². The molecule has 1 unspecified atom stereocenters. The first-order valence-corrected chi connectivity index (χ1v) is 14.9. The van der Waals surface area contributed by atoms with Gasteiger partial charge in [0.1, 0.15) is 18.1 Å². The first kappa shape index (κ1) is 29.2. The van der Waals surface area contributed by atoms with Gasteiger partial charge in [-0.15, -0.1) is 0 Å². The highest BCUT2D eigenvalue weighted by molar-refractivity contribution is 7.91. The van der Waals surface area contributed by atoms with Gasteiger partial charge in [-0.2, -0.15) is 0 Å². The van der Waals surface area contributed by atoms with Gasteiger partial charge in [-0.05, 0) is 66.9 Å². The van der Waals surface area contributed by atoms with Gasteiger partial charge in [-0.3, -0.25) is 10.5 Å². The highest BCUT2D eigenvalue weighted by Crippen LogP contribution is 2.26. The Kier molecular flexibility index (Phi) is 11.7. The zero-order chi connectivity index (χ0) is 27.2. The topological polar surface area (TPSA) is 93.5 Å². The van der Waals surface area contributed by atoms with Crippen LogP contribution in [0.3, 0.4) is 0 Å². The Balaban J connectivity index is 1.52. The van der Waals surface area contributed by atoms with Gasteiger partial charge in [0.05, 0.1) is 9.79 Å². The second-order valence-corrected chi connectivity index (χ2v) is 11.4. The van der Waals surface area contributed by atoms with Crippen molar-refractivity contribution in [2.75, 3.05) is 0 Å². The number of hydrogen-bond acceptors (Lipinski definition) is 5. The number of hydrogen-bond donors (Lipinski definition) is 0. The number of unbranched alkanes of at least 4 members (excludes halogenated alkanes) is 7. The number of amides is 1. The van der Waals surface area contributed by atoms with Crippen LogP contribution in [0, 0.1) is 0 Å². The summed E-state index contributed by atoms with van der Waals surface area (Å²) in [6.45, 7) is 2.60. The quantitative estimate of drug-likeness (QED) is 0.170. The zero-order valence-corrected chi connectivity index (χ0v) is 22.9. The number of sulfone groups is 1. The highest BCUT2D eigenvalue weighted by Gasteiger charge is 2.20. The van der Waals surface area contributed by atoms with Crippen LogP contribution >= 0.6 is 0 Å². The van der Waals surface area contributed by atoms with Crippen LogP contribution in [0.15, 0.2) is 88.7 Å². The summed E-state index contributed by atoms with van der Waals surface area (Å²) in [5.41, 5.74) is 8.58. The number of nitrogens with one attached hydrogen (secondary N) is 1. The third-order valence-corrected chi connectivity index (χ3v) is 8.19. The molecule has 0 heterocycles. The molecule has 1 amide bonds. The molecule has 7 heteroatoms. The van der Waals surface area contributed by atoms with Crippen LogP contribution in [0.1, 0.15) is 70.3 Å². The lowest BCUT2D eigenvalue weighted by Gasteiger charge is -2.16. The predicted molar refractivity (Wildman–Crippen MR) is 149 cm³/mol. The van der Waals surface area contributed by atoms with Crippen molar-refractivity contribution in [1.29, 1.82) is 0 Å². The van der Waals surface area contributed by atoms with Gasteiger partial charge in [-0.25, -0.2) is 8.42 Å². The van der Waals surface area contributed by atoms with Crippen molar-refractivity contribution in [3.05, 3.63) is 84.4 Å². The lowest BCUT2D eigenvalue weighted by molar-refractivity contribution is -0.125. The standard InChI is InChI=1S/C31H38NO5S/c1-2-3-4-5-6-7-8-12-15-30(31(32)33)37-27-18-22-29(23-19-27)38(34,35)28-20-16-26(17-21-28)36-24-25-13-10-9-11-14-25/h9-11,13-14,16-23,30,32H,2-8,12,15,24H2,1H3. The minimum absolute atomic E-state index is 0.125. The van der Waals surface area contributed by atoms with Gasteiger partial charge < -0.3 is 9.47 Å². The van der Waals surface area contributed by atoms with Crippen LogP contribution in [0.2, 0.25) is 0 Å². The largest absolute Gasteiger partial charge is 0.489 e. The van der Waals surface area contributed by atoms with Crippen molar-refractivity contribution in [2.45, 2.75) is 87.2 Å². The van der Waals surface area contributed by atoms with E-state index < -0.39 is 21.8 Å². The van der Waals surface area contributed by atoms with Crippen molar-refractivity contribution in [3.63, 3.8) is 0 Å². The average Bonchev–Trinajstić information content (AvgIpc) is 2.93. The van der Waals surface area contributed by atoms with Crippen LogP contribution in [0.5, 0.6) is 11.5 Å². The number of carbonyl (C=O) groups excluding carboxylic acids is 1. The molecule has 3 aromatic rings. The summed E-state index contributed by atoms with van der Waals surface area (Å²) < 4.78 is 37.7. The van der Waals surface area contributed by atoms with E-state index in [-0.39, 0.29) is 9.79 Å². The van der Waals surface area contributed by atoms with Crippen molar-refractivity contribution in [1.82, 2.24) is 5.73 Å². The maximum absolute atomic E-state index is 13.1. The molecule has 3 rings (SSSR count). The van der Waals surface area contributed by atoms with E-state index in [0.717, 1.165) is 24.8 Å². The highest BCUT2D eigenvalue weighted by atomic mass is 32.2. The third-order valence-electron chi connectivity index (χ3n) is 6.41. The van der Waals surface area contributed by atoms with E-state index in [0.29, 0.717) is 24.5 Å². The van der Waals surface area contributed by atoms with Crippen LogP contribution in [-0.4, -0.2) is 20.4 Å². The molecular weight excluding hydrogens is 498 g/mol. The molecule has 0 saturated heterocycles. The van der Waals surface area contributed by atoms with Gasteiger partial charge in [0, 0.05) is 0 Å². The van der Waals surface area contributed by atoms with Crippen LogP contribution in [-0.2, 0) is 21.2 Å². The molecule has 0 aliphatic carbocycles. The first-order chi connectivity index (χ1) is 18.4. The summed E-state index contributed by atoms with van der Waals surface area (Å²) in [5, 5.41) is 0. The Bertz CT molecular complexity index is 1210. The van der Waals surface area contributed by atoms with Crippen LogP contribution in [0.4, 0.5) is 0 Å². The summed E-state index contributed by atoms with van der Waals surface area (Å²) in [7, 11) is -3.73. The average molecular weight is 537 g/mol. The van der Waals surface area contributed by atoms with E-state index in [1.807, 2.05) is 30.3 Å². The van der Waals surface area contributed by atoms with Gasteiger partial charge in [0.2, 0.25) is 9.84 Å². The minimum Gasteiger partial charge on any atom is -0.489 e. The maximum Gasteiger partial charge on any atom is 0.279 e. The molecule has 1 radical (unpaired) electrons. The Hall–Kier alpha value is -3.32. The number of rotatable bonds is 17. The van der Waals surface area contributed by atoms with Crippen molar-refractivity contribution in [3.8, 4) is 11.5 Å². The SMILES string of the molecule is CCCCCCCCCCC(Oc1ccc(S(=O)(=O)c2ccc(OCc3ccccc3)cc2)cc1)C([NH])=O. The maximum atomic E-state index is 13.1. The fourth-order valence-corrected chi connectivity index (χ4v) is 5.42. The first-order valence-electron chi connectivity index (χ1n) is 13.4. The molecule has 0 aromatic heterocycles. The molecule has 0 aliphatic rings. The van der Waals surface area contributed by atoms with E-state index in [1.165, 1.54) is 68.5 Å². The Labute approximate surface area is 227 Å². The molecular formula is C31H38NO5S. The van der Waals surface area contributed by atoms with Gasteiger partial charge in [0.25, 0.3) is 5.91 Å². The normalized spacial score (nSPS) is 12.1. The molecule has 1 atom stereocenters. The van der Waals surface area contributed by atoms with Crippen LogP contribution in [0.25, 0.3) is 0 Å². The van der Waals surface area contributed by atoms with E-state index >= 15 is 0 Å².